The molecule has 0 radical (unpaired) electrons. The standard InChI is InChI=1S/C28H22N4O2/c1-20-12-16-24(17-13-20)31-27(22-10-6-3-7-11-22)29-26(21-8-4-2-5-9-21)30-28(31)23-14-18-25(19-15-23)32(33)34/h2-19,28H,1H3. The summed E-state index contributed by atoms with van der Waals surface area (Å²) >= 11 is 0. The molecule has 6 nitrogen and oxygen atoms in total. The predicted octanol–water partition coefficient (Wildman–Crippen LogP) is 6.32. The van der Waals surface area contributed by atoms with Gasteiger partial charge in [-0.25, -0.2) is 9.98 Å². The van der Waals surface area contributed by atoms with Crippen molar-refractivity contribution in [3.8, 4) is 0 Å². The fraction of sp³-hybridized carbons (Fsp3) is 0.0714. The Morgan fingerprint density at radius 2 is 1.35 bits per heavy atom. The molecule has 166 valence electrons. The maximum atomic E-state index is 11.2. The van der Waals surface area contributed by atoms with Gasteiger partial charge >= 0.3 is 0 Å². The minimum absolute atomic E-state index is 0.0469. The van der Waals surface area contributed by atoms with Crippen molar-refractivity contribution in [3.63, 3.8) is 0 Å². The molecule has 0 saturated heterocycles. The van der Waals surface area contributed by atoms with Crippen LogP contribution in [0.3, 0.4) is 0 Å². The lowest BCUT2D eigenvalue weighted by molar-refractivity contribution is -0.384. The number of hydrogen-bond donors (Lipinski definition) is 0. The van der Waals surface area contributed by atoms with Crippen molar-refractivity contribution >= 4 is 23.0 Å². The first kappa shape index (κ1) is 21.3. The molecule has 1 atom stereocenters. The van der Waals surface area contributed by atoms with Crippen LogP contribution >= 0.6 is 0 Å². The summed E-state index contributed by atoms with van der Waals surface area (Å²) in [6.45, 7) is 2.05. The third-order valence-electron chi connectivity index (χ3n) is 5.71. The molecule has 0 saturated carbocycles. The largest absolute Gasteiger partial charge is 0.299 e. The highest BCUT2D eigenvalue weighted by Crippen LogP contribution is 2.35. The van der Waals surface area contributed by atoms with Crippen molar-refractivity contribution in [2.75, 3.05) is 4.90 Å². The molecule has 1 aliphatic rings. The molecule has 0 N–H and O–H groups in total. The number of nitro groups is 1. The van der Waals surface area contributed by atoms with E-state index < -0.39 is 11.1 Å². The fourth-order valence-corrected chi connectivity index (χ4v) is 3.95. The van der Waals surface area contributed by atoms with Gasteiger partial charge in [0.2, 0.25) is 0 Å². The van der Waals surface area contributed by atoms with Gasteiger partial charge in [-0.2, -0.15) is 0 Å². The number of amidine groups is 2. The lowest BCUT2D eigenvalue weighted by atomic mass is 10.0. The van der Waals surface area contributed by atoms with Crippen molar-refractivity contribution in [3.05, 3.63) is 142 Å². The van der Waals surface area contributed by atoms with Crippen LogP contribution < -0.4 is 4.90 Å². The lowest BCUT2D eigenvalue weighted by Gasteiger charge is -2.35. The number of non-ortho nitro benzene ring substituents is 1. The monoisotopic (exact) mass is 446 g/mol. The number of nitro benzene ring substituents is 1. The van der Waals surface area contributed by atoms with Crippen molar-refractivity contribution in [1.82, 2.24) is 0 Å². The Hall–Kier alpha value is -4.58. The highest BCUT2D eigenvalue weighted by Gasteiger charge is 2.31. The average molecular weight is 447 g/mol. The molecule has 0 aliphatic carbocycles. The number of nitrogens with zero attached hydrogens (tertiary/aromatic N) is 4. The topological polar surface area (TPSA) is 71.1 Å². The third kappa shape index (κ3) is 4.21. The van der Waals surface area contributed by atoms with E-state index in [-0.39, 0.29) is 5.69 Å². The van der Waals surface area contributed by atoms with Gasteiger partial charge < -0.3 is 0 Å². The molecule has 0 aromatic heterocycles. The van der Waals surface area contributed by atoms with E-state index in [1.54, 1.807) is 12.1 Å². The summed E-state index contributed by atoms with van der Waals surface area (Å²) in [6, 6.07) is 34.7. The van der Waals surface area contributed by atoms with E-state index in [0.29, 0.717) is 5.84 Å². The predicted molar refractivity (Wildman–Crippen MR) is 135 cm³/mol. The minimum Gasteiger partial charge on any atom is -0.299 e. The molecule has 0 bridgehead atoms. The van der Waals surface area contributed by atoms with Gasteiger partial charge in [0.15, 0.2) is 12.0 Å². The summed E-state index contributed by atoms with van der Waals surface area (Å²) in [5, 5.41) is 11.2. The van der Waals surface area contributed by atoms with Gasteiger partial charge in [0.05, 0.1) is 4.92 Å². The van der Waals surface area contributed by atoms with Crippen molar-refractivity contribution in [2.45, 2.75) is 13.1 Å². The Bertz CT molecular complexity index is 1360. The second-order valence-electron chi connectivity index (χ2n) is 8.05. The summed E-state index contributed by atoms with van der Waals surface area (Å²) < 4.78 is 0. The van der Waals surface area contributed by atoms with Gasteiger partial charge in [0, 0.05) is 28.9 Å². The third-order valence-corrected chi connectivity index (χ3v) is 5.71. The molecule has 1 unspecified atom stereocenters. The summed E-state index contributed by atoms with van der Waals surface area (Å²) in [4.78, 5) is 23.0. The lowest BCUT2D eigenvalue weighted by Crippen LogP contribution is -2.39. The molecule has 0 spiro atoms. The van der Waals surface area contributed by atoms with Gasteiger partial charge in [-0.15, -0.1) is 0 Å². The Morgan fingerprint density at radius 1 is 0.765 bits per heavy atom. The second-order valence-corrected chi connectivity index (χ2v) is 8.05. The Labute approximate surface area is 197 Å². The molecule has 34 heavy (non-hydrogen) atoms. The normalized spacial score (nSPS) is 15.4. The summed E-state index contributed by atoms with van der Waals surface area (Å²) in [5.74, 6) is 1.38. The minimum atomic E-state index is -0.452. The zero-order chi connectivity index (χ0) is 23.5. The molecule has 0 fully saturated rings. The van der Waals surface area contributed by atoms with E-state index in [1.807, 2.05) is 67.6 Å². The number of anilines is 1. The quantitative estimate of drug-likeness (QED) is 0.266. The van der Waals surface area contributed by atoms with Gasteiger partial charge in [-0.05, 0) is 36.8 Å². The Kier molecular flexibility index (Phi) is 5.70. The van der Waals surface area contributed by atoms with Crippen LogP contribution in [0.15, 0.2) is 119 Å². The van der Waals surface area contributed by atoms with E-state index >= 15 is 0 Å². The highest BCUT2D eigenvalue weighted by atomic mass is 16.6. The first-order chi connectivity index (χ1) is 16.6. The molecular weight excluding hydrogens is 424 g/mol. The van der Waals surface area contributed by atoms with Crippen LogP contribution in [0.4, 0.5) is 11.4 Å². The maximum absolute atomic E-state index is 11.2. The fourth-order valence-electron chi connectivity index (χ4n) is 3.95. The van der Waals surface area contributed by atoms with E-state index in [2.05, 4.69) is 29.2 Å². The molecule has 4 aromatic carbocycles. The highest BCUT2D eigenvalue weighted by molar-refractivity contribution is 6.19. The van der Waals surface area contributed by atoms with E-state index in [9.17, 15) is 10.1 Å². The summed E-state index contributed by atoms with van der Waals surface area (Å²) in [5.41, 5.74) is 4.84. The van der Waals surface area contributed by atoms with Crippen LogP contribution in [0, 0.1) is 17.0 Å². The molecule has 4 aromatic rings. The summed E-state index contributed by atoms with van der Waals surface area (Å²) in [7, 11) is 0. The van der Waals surface area contributed by atoms with Gasteiger partial charge in [-0.3, -0.25) is 15.0 Å². The van der Waals surface area contributed by atoms with Crippen molar-refractivity contribution in [1.29, 1.82) is 0 Å². The SMILES string of the molecule is Cc1ccc(N2C(c3ccccc3)=NC(c3ccccc3)=NC2c2ccc([N+](=O)[O-])cc2)cc1. The van der Waals surface area contributed by atoms with Crippen LogP contribution in [0.1, 0.15) is 28.4 Å². The second kappa shape index (κ2) is 9.11. The van der Waals surface area contributed by atoms with E-state index in [0.717, 1.165) is 33.8 Å². The van der Waals surface area contributed by atoms with Crippen LogP contribution in [-0.4, -0.2) is 16.6 Å². The Morgan fingerprint density at radius 3 is 1.94 bits per heavy atom. The number of aliphatic imine (C=N–C) groups is 2. The molecular formula is C28H22N4O2. The van der Waals surface area contributed by atoms with Gasteiger partial charge in [0.1, 0.15) is 5.84 Å². The first-order valence-electron chi connectivity index (χ1n) is 11.0. The Balaban J connectivity index is 1.72. The van der Waals surface area contributed by atoms with E-state index in [4.69, 9.17) is 9.98 Å². The number of rotatable bonds is 5. The number of benzene rings is 4. The molecule has 1 aliphatic heterocycles. The van der Waals surface area contributed by atoms with Crippen LogP contribution in [-0.2, 0) is 0 Å². The number of hydrogen-bond acceptors (Lipinski definition) is 5. The summed E-state index contributed by atoms with van der Waals surface area (Å²) in [6.07, 6.45) is -0.452. The smallest absolute Gasteiger partial charge is 0.269 e. The van der Waals surface area contributed by atoms with Crippen LogP contribution in [0.2, 0.25) is 0 Å². The number of aryl methyl sites for hydroxylation is 1. The maximum Gasteiger partial charge on any atom is 0.269 e. The zero-order valence-corrected chi connectivity index (χ0v) is 18.6. The zero-order valence-electron chi connectivity index (χ0n) is 18.6. The van der Waals surface area contributed by atoms with Crippen molar-refractivity contribution < 1.29 is 4.92 Å². The molecule has 1 heterocycles. The molecule has 0 amide bonds. The van der Waals surface area contributed by atoms with Gasteiger partial charge in [-0.1, -0.05) is 78.4 Å². The van der Waals surface area contributed by atoms with Gasteiger partial charge in [0.25, 0.3) is 5.69 Å². The van der Waals surface area contributed by atoms with Crippen LogP contribution in [0.5, 0.6) is 0 Å². The molecule has 6 heteroatoms. The average Bonchev–Trinajstić information content (AvgIpc) is 2.89. The first-order valence-corrected chi connectivity index (χ1v) is 11.0. The van der Waals surface area contributed by atoms with E-state index in [1.165, 1.54) is 12.1 Å². The van der Waals surface area contributed by atoms with Crippen molar-refractivity contribution in [2.24, 2.45) is 9.98 Å². The molecule has 5 rings (SSSR count). The van der Waals surface area contributed by atoms with Crippen LogP contribution in [0.25, 0.3) is 0 Å².